The van der Waals surface area contributed by atoms with Gasteiger partial charge in [-0.1, -0.05) is 6.92 Å². The van der Waals surface area contributed by atoms with E-state index in [1.54, 1.807) is 5.56 Å². The second-order valence-corrected chi connectivity index (χ2v) is 3.80. The Balaban J connectivity index is 2.34. The van der Waals surface area contributed by atoms with Crippen LogP contribution in [0.4, 0.5) is 0 Å². The first kappa shape index (κ1) is 6.96. The third kappa shape index (κ3) is 1.20. The molecular formula is C10H15N. The Bertz CT molecular complexity index is 260. The molecule has 0 amide bonds. The molecule has 0 fully saturated rings. The smallest absolute Gasteiger partial charge is 0.0181 e. The predicted octanol–water partition coefficient (Wildman–Crippen LogP) is 2.45. The Morgan fingerprint density at radius 3 is 3.18 bits per heavy atom. The summed E-state index contributed by atoms with van der Waals surface area (Å²) in [5.41, 5.74) is 4.37. The summed E-state index contributed by atoms with van der Waals surface area (Å²) in [5.74, 6) is 0.887. The molecule has 1 N–H and O–H groups in total. The number of hydrogen-bond acceptors (Lipinski definition) is 0. The van der Waals surface area contributed by atoms with Crippen molar-refractivity contribution in [3.8, 4) is 0 Å². The second kappa shape index (κ2) is 2.40. The summed E-state index contributed by atoms with van der Waals surface area (Å²) in [6, 6.07) is 2.30. The molecule has 0 bridgehead atoms. The summed E-state index contributed by atoms with van der Waals surface area (Å²) in [4.78, 5) is 3.42. The van der Waals surface area contributed by atoms with Crippen LogP contribution in [0.25, 0.3) is 0 Å². The van der Waals surface area contributed by atoms with Crippen molar-refractivity contribution in [2.75, 3.05) is 0 Å². The number of aromatic amines is 1. The lowest BCUT2D eigenvalue weighted by Gasteiger charge is -2.17. The second-order valence-electron chi connectivity index (χ2n) is 3.80. The molecule has 0 saturated heterocycles. The van der Waals surface area contributed by atoms with Gasteiger partial charge in [0, 0.05) is 11.4 Å². The van der Waals surface area contributed by atoms with Crippen LogP contribution in [0, 0.1) is 12.8 Å². The lowest BCUT2D eigenvalue weighted by Crippen LogP contribution is -2.09. The quantitative estimate of drug-likeness (QED) is 0.583. The highest BCUT2D eigenvalue weighted by Gasteiger charge is 2.15. The third-order valence-electron chi connectivity index (χ3n) is 2.58. The molecule has 1 aromatic heterocycles. The zero-order valence-electron chi connectivity index (χ0n) is 7.28. The first-order valence-corrected chi connectivity index (χ1v) is 4.43. The number of nitrogens with one attached hydrogen (secondary N) is 1. The lowest BCUT2D eigenvalue weighted by molar-refractivity contribution is 0.498. The van der Waals surface area contributed by atoms with Gasteiger partial charge in [0.05, 0.1) is 0 Å². The molecule has 0 radical (unpaired) electrons. The molecule has 2 rings (SSSR count). The fourth-order valence-corrected chi connectivity index (χ4v) is 1.98. The maximum Gasteiger partial charge on any atom is 0.0181 e. The summed E-state index contributed by atoms with van der Waals surface area (Å²) in [6.45, 7) is 4.48. The van der Waals surface area contributed by atoms with Crippen LogP contribution in [-0.4, -0.2) is 4.98 Å². The molecule has 1 heteroatoms. The van der Waals surface area contributed by atoms with Crippen molar-refractivity contribution in [1.82, 2.24) is 4.98 Å². The van der Waals surface area contributed by atoms with Gasteiger partial charge in [-0.05, 0) is 43.7 Å². The normalized spacial score (nSPS) is 23.3. The highest BCUT2D eigenvalue weighted by molar-refractivity contribution is 5.27. The van der Waals surface area contributed by atoms with Gasteiger partial charge in [0.1, 0.15) is 0 Å². The van der Waals surface area contributed by atoms with E-state index in [1.807, 2.05) is 0 Å². The monoisotopic (exact) mass is 149 g/mol. The van der Waals surface area contributed by atoms with Crippen LogP contribution in [0.15, 0.2) is 6.07 Å². The van der Waals surface area contributed by atoms with Crippen LogP contribution < -0.4 is 0 Å². The SMILES string of the molecule is Cc1cc2c([nH]1)CCC(C)C2. The third-order valence-corrected chi connectivity index (χ3v) is 2.58. The molecule has 1 unspecified atom stereocenters. The van der Waals surface area contributed by atoms with E-state index in [1.165, 1.54) is 30.7 Å². The highest BCUT2D eigenvalue weighted by atomic mass is 14.7. The van der Waals surface area contributed by atoms with Crippen LogP contribution >= 0.6 is 0 Å². The molecule has 0 saturated carbocycles. The molecule has 0 aliphatic heterocycles. The number of aromatic nitrogens is 1. The average Bonchev–Trinajstić information content (AvgIpc) is 2.27. The van der Waals surface area contributed by atoms with Gasteiger partial charge < -0.3 is 4.98 Å². The minimum Gasteiger partial charge on any atom is -0.362 e. The Kier molecular flexibility index (Phi) is 1.52. The maximum atomic E-state index is 3.42. The predicted molar refractivity (Wildman–Crippen MR) is 46.7 cm³/mol. The van der Waals surface area contributed by atoms with Crippen LogP contribution in [0.2, 0.25) is 0 Å². The van der Waals surface area contributed by atoms with E-state index in [2.05, 4.69) is 24.9 Å². The average molecular weight is 149 g/mol. The van der Waals surface area contributed by atoms with E-state index < -0.39 is 0 Å². The standard InChI is InChI=1S/C10H15N/c1-7-3-4-10-9(5-7)6-8(2)11-10/h6-7,11H,3-5H2,1-2H3. The summed E-state index contributed by atoms with van der Waals surface area (Å²) in [6.07, 6.45) is 3.89. The van der Waals surface area contributed by atoms with E-state index in [9.17, 15) is 0 Å². The molecule has 1 atom stereocenters. The van der Waals surface area contributed by atoms with E-state index in [-0.39, 0.29) is 0 Å². The lowest BCUT2D eigenvalue weighted by atomic mass is 9.89. The van der Waals surface area contributed by atoms with Crippen molar-refractivity contribution < 1.29 is 0 Å². The van der Waals surface area contributed by atoms with E-state index >= 15 is 0 Å². The van der Waals surface area contributed by atoms with Crippen molar-refractivity contribution in [2.24, 2.45) is 5.92 Å². The number of hydrogen-bond donors (Lipinski definition) is 1. The molecule has 1 aromatic rings. The molecule has 1 nitrogen and oxygen atoms in total. The van der Waals surface area contributed by atoms with Gasteiger partial charge >= 0.3 is 0 Å². The van der Waals surface area contributed by atoms with E-state index in [0.29, 0.717) is 0 Å². The number of H-pyrrole nitrogens is 1. The van der Waals surface area contributed by atoms with Gasteiger partial charge in [0.15, 0.2) is 0 Å². The Hall–Kier alpha value is -0.720. The minimum absolute atomic E-state index is 0.887. The molecule has 1 aliphatic carbocycles. The van der Waals surface area contributed by atoms with Crippen molar-refractivity contribution in [1.29, 1.82) is 0 Å². The Morgan fingerprint density at radius 2 is 2.36 bits per heavy atom. The fourth-order valence-electron chi connectivity index (χ4n) is 1.98. The molecular weight excluding hydrogens is 134 g/mol. The first-order valence-electron chi connectivity index (χ1n) is 4.43. The van der Waals surface area contributed by atoms with Crippen LogP contribution in [0.1, 0.15) is 30.3 Å². The largest absolute Gasteiger partial charge is 0.362 e. The fraction of sp³-hybridized carbons (Fsp3) is 0.600. The number of fused-ring (bicyclic) bond motifs is 1. The van der Waals surface area contributed by atoms with Crippen molar-refractivity contribution in [3.05, 3.63) is 23.0 Å². The van der Waals surface area contributed by atoms with Gasteiger partial charge in [-0.25, -0.2) is 0 Å². The molecule has 0 spiro atoms. The van der Waals surface area contributed by atoms with Crippen molar-refractivity contribution >= 4 is 0 Å². The highest BCUT2D eigenvalue weighted by Crippen LogP contribution is 2.25. The number of rotatable bonds is 0. The molecule has 0 aromatic carbocycles. The Labute approximate surface area is 67.8 Å². The van der Waals surface area contributed by atoms with Crippen LogP contribution in [-0.2, 0) is 12.8 Å². The van der Waals surface area contributed by atoms with Crippen LogP contribution in [0.3, 0.4) is 0 Å². The number of aryl methyl sites for hydroxylation is 2. The van der Waals surface area contributed by atoms with Crippen molar-refractivity contribution in [3.63, 3.8) is 0 Å². The summed E-state index contributed by atoms with van der Waals surface area (Å²) in [7, 11) is 0. The summed E-state index contributed by atoms with van der Waals surface area (Å²) in [5, 5.41) is 0. The van der Waals surface area contributed by atoms with Crippen molar-refractivity contribution in [2.45, 2.75) is 33.1 Å². The summed E-state index contributed by atoms with van der Waals surface area (Å²) < 4.78 is 0. The zero-order valence-corrected chi connectivity index (χ0v) is 7.28. The van der Waals surface area contributed by atoms with Gasteiger partial charge in [-0.15, -0.1) is 0 Å². The van der Waals surface area contributed by atoms with Gasteiger partial charge in [0.25, 0.3) is 0 Å². The minimum atomic E-state index is 0.887. The van der Waals surface area contributed by atoms with E-state index in [0.717, 1.165) is 5.92 Å². The first-order chi connectivity index (χ1) is 5.25. The van der Waals surface area contributed by atoms with Gasteiger partial charge in [-0.2, -0.15) is 0 Å². The van der Waals surface area contributed by atoms with E-state index in [4.69, 9.17) is 0 Å². The van der Waals surface area contributed by atoms with Gasteiger partial charge in [0.2, 0.25) is 0 Å². The Morgan fingerprint density at radius 1 is 1.55 bits per heavy atom. The van der Waals surface area contributed by atoms with Crippen LogP contribution in [0.5, 0.6) is 0 Å². The summed E-state index contributed by atoms with van der Waals surface area (Å²) >= 11 is 0. The molecule has 60 valence electrons. The zero-order chi connectivity index (χ0) is 7.84. The molecule has 1 heterocycles. The van der Waals surface area contributed by atoms with Gasteiger partial charge in [-0.3, -0.25) is 0 Å². The maximum absolute atomic E-state index is 3.42. The topological polar surface area (TPSA) is 15.8 Å². The molecule has 11 heavy (non-hydrogen) atoms. The molecule has 1 aliphatic rings.